The molecule has 1 fully saturated rings. The van der Waals surface area contributed by atoms with Gasteiger partial charge in [-0.15, -0.1) is 10.2 Å². The molecule has 0 bridgehead atoms. The normalized spacial score (nSPS) is 13.5. The number of rotatable bonds is 9. The Balaban J connectivity index is 1.20. The number of methoxy groups -OCH3 is 1. The molecule has 2 aromatic carbocycles. The van der Waals surface area contributed by atoms with E-state index in [4.69, 9.17) is 4.74 Å². The van der Waals surface area contributed by atoms with E-state index in [0.717, 1.165) is 11.5 Å². The average Bonchev–Trinajstić information content (AvgIpc) is 3.26. The minimum Gasteiger partial charge on any atom is -0.497 e. The zero-order chi connectivity index (χ0) is 25.5. The molecule has 4 rings (SSSR count). The highest BCUT2D eigenvalue weighted by Gasteiger charge is 2.22. The summed E-state index contributed by atoms with van der Waals surface area (Å²) in [5.74, 6) is 1.33. The van der Waals surface area contributed by atoms with Crippen LogP contribution in [-0.2, 0) is 18.3 Å². The maximum absolute atomic E-state index is 13.2. The van der Waals surface area contributed by atoms with Crippen LogP contribution in [0.25, 0.3) is 0 Å². The molecule has 9 nitrogen and oxygen atoms in total. The van der Waals surface area contributed by atoms with Gasteiger partial charge in [0.2, 0.25) is 5.91 Å². The predicted molar refractivity (Wildman–Crippen MR) is 136 cm³/mol. The minimum atomic E-state index is -0.255. The van der Waals surface area contributed by atoms with Crippen molar-refractivity contribution in [2.75, 3.05) is 50.5 Å². The van der Waals surface area contributed by atoms with Gasteiger partial charge in [0, 0.05) is 57.4 Å². The first-order valence-corrected chi connectivity index (χ1v) is 12.6. The molecule has 1 N–H and O–H groups in total. The summed E-state index contributed by atoms with van der Waals surface area (Å²) in [4.78, 5) is 29.0. The molecule has 190 valence electrons. The molecule has 1 aliphatic heterocycles. The van der Waals surface area contributed by atoms with Crippen LogP contribution in [0.3, 0.4) is 0 Å². The van der Waals surface area contributed by atoms with Crippen LogP contribution in [0.15, 0.2) is 53.7 Å². The maximum Gasteiger partial charge on any atom is 0.251 e. The van der Waals surface area contributed by atoms with E-state index < -0.39 is 0 Å². The number of anilines is 1. The Morgan fingerprint density at radius 1 is 1.03 bits per heavy atom. The molecular formula is C25H29FN6O3S. The second kappa shape index (κ2) is 11.9. The number of ether oxygens (including phenoxy) is 1. The van der Waals surface area contributed by atoms with Gasteiger partial charge in [-0.05, 0) is 48.5 Å². The Labute approximate surface area is 213 Å². The Hall–Kier alpha value is -3.60. The second-order valence-electron chi connectivity index (χ2n) is 8.33. The van der Waals surface area contributed by atoms with Gasteiger partial charge in [-0.2, -0.15) is 0 Å². The van der Waals surface area contributed by atoms with Gasteiger partial charge < -0.3 is 24.4 Å². The minimum absolute atomic E-state index is 0.0510. The van der Waals surface area contributed by atoms with Gasteiger partial charge >= 0.3 is 0 Å². The lowest BCUT2D eigenvalue weighted by atomic mass is 10.2. The molecule has 2 heterocycles. The third-order valence-corrected chi connectivity index (χ3v) is 7.07. The number of benzene rings is 2. The first-order valence-electron chi connectivity index (χ1n) is 11.7. The van der Waals surface area contributed by atoms with Gasteiger partial charge in [0.05, 0.1) is 12.9 Å². The van der Waals surface area contributed by atoms with Crippen LogP contribution in [0.4, 0.5) is 10.1 Å². The molecule has 0 spiro atoms. The SMILES string of the molecule is COc1ccc(C(=O)NCCc2nnc(SCC(=O)N3CCN(c4ccc(F)cc4)CC3)n2C)cc1. The van der Waals surface area contributed by atoms with Crippen LogP contribution in [0.2, 0.25) is 0 Å². The van der Waals surface area contributed by atoms with Crippen LogP contribution >= 0.6 is 11.8 Å². The number of carbonyl (C=O) groups is 2. The monoisotopic (exact) mass is 512 g/mol. The average molecular weight is 513 g/mol. The molecule has 0 saturated carbocycles. The van der Waals surface area contributed by atoms with Crippen LogP contribution in [0, 0.1) is 5.82 Å². The van der Waals surface area contributed by atoms with Gasteiger partial charge in [0.15, 0.2) is 5.16 Å². The molecule has 0 unspecified atom stereocenters. The van der Waals surface area contributed by atoms with Crippen molar-refractivity contribution in [3.05, 3.63) is 65.7 Å². The molecular weight excluding hydrogens is 483 g/mol. The molecule has 0 radical (unpaired) electrons. The highest BCUT2D eigenvalue weighted by atomic mass is 32.2. The van der Waals surface area contributed by atoms with Gasteiger partial charge in [-0.3, -0.25) is 9.59 Å². The van der Waals surface area contributed by atoms with Crippen LogP contribution in [0.5, 0.6) is 5.75 Å². The third-order valence-electron chi connectivity index (χ3n) is 6.06. The Bertz CT molecular complexity index is 1180. The molecule has 0 aliphatic carbocycles. The summed E-state index contributed by atoms with van der Waals surface area (Å²) in [6.45, 7) is 3.07. The van der Waals surface area contributed by atoms with Crippen molar-refractivity contribution in [1.29, 1.82) is 0 Å². The van der Waals surface area contributed by atoms with E-state index in [1.54, 1.807) is 43.5 Å². The number of nitrogens with one attached hydrogen (secondary N) is 1. The number of hydrogen-bond donors (Lipinski definition) is 1. The molecule has 0 atom stereocenters. The predicted octanol–water partition coefficient (Wildman–Crippen LogP) is 2.38. The second-order valence-corrected chi connectivity index (χ2v) is 9.27. The van der Waals surface area contributed by atoms with E-state index in [2.05, 4.69) is 20.4 Å². The maximum atomic E-state index is 13.2. The van der Waals surface area contributed by atoms with E-state index in [1.165, 1.54) is 23.9 Å². The number of amides is 2. The van der Waals surface area contributed by atoms with E-state index in [9.17, 15) is 14.0 Å². The Morgan fingerprint density at radius 3 is 2.39 bits per heavy atom. The van der Waals surface area contributed by atoms with Gasteiger partial charge in [0.25, 0.3) is 5.91 Å². The highest BCUT2D eigenvalue weighted by Crippen LogP contribution is 2.20. The first-order chi connectivity index (χ1) is 17.4. The van der Waals surface area contributed by atoms with Gasteiger partial charge in [-0.25, -0.2) is 4.39 Å². The highest BCUT2D eigenvalue weighted by molar-refractivity contribution is 7.99. The van der Waals surface area contributed by atoms with Crippen molar-refractivity contribution >= 4 is 29.3 Å². The zero-order valence-electron chi connectivity index (χ0n) is 20.3. The number of thioether (sulfide) groups is 1. The van der Waals surface area contributed by atoms with Crippen LogP contribution < -0.4 is 15.0 Å². The first kappa shape index (κ1) is 25.5. The quantitative estimate of drug-likeness (QED) is 0.440. The summed E-state index contributed by atoms with van der Waals surface area (Å²) in [6, 6.07) is 13.3. The van der Waals surface area contributed by atoms with Crippen molar-refractivity contribution in [1.82, 2.24) is 25.0 Å². The molecule has 1 saturated heterocycles. The summed E-state index contributed by atoms with van der Waals surface area (Å²) in [7, 11) is 3.44. The summed E-state index contributed by atoms with van der Waals surface area (Å²) >= 11 is 1.35. The van der Waals surface area contributed by atoms with Crippen LogP contribution in [0.1, 0.15) is 16.2 Å². The summed E-state index contributed by atoms with van der Waals surface area (Å²) in [5, 5.41) is 12.0. The van der Waals surface area contributed by atoms with Crippen molar-refractivity contribution in [3.63, 3.8) is 0 Å². The fourth-order valence-electron chi connectivity index (χ4n) is 3.90. The number of aromatic nitrogens is 3. The van der Waals surface area contributed by atoms with Crippen molar-refractivity contribution in [3.8, 4) is 5.75 Å². The van der Waals surface area contributed by atoms with Crippen molar-refractivity contribution < 1.29 is 18.7 Å². The third kappa shape index (κ3) is 6.34. The number of nitrogens with zero attached hydrogens (tertiary/aromatic N) is 5. The topological polar surface area (TPSA) is 92.6 Å². The number of piperazine rings is 1. The van der Waals surface area contributed by atoms with E-state index in [0.29, 0.717) is 55.6 Å². The Morgan fingerprint density at radius 2 is 1.72 bits per heavy atom. The molecule has 1 aromatic heterocycles. The van der Waals surface area contributed by atoms with E-state index in [-0.39, 0.29) is 23.4 Å². The number of hydrogen-bond acceptors (Lipinski definition) is 7. The lowest BCUT2D eigenvalue weighted by Gasteiger charge is -2.36. The molecule has 36 heavy (non-hydrogen) atoms. The van der Waals surface area contributed by atoms with E-state index in [1.807, 2.05) is 16.5 Å². The molecule has 1 aliphatic rings. The van der Waals surface area contributed by atoms with Crippen LogP contribution in [-0.4, -0.2) is 77.1 Å². The number of carbonyl (C=O) groups excluding carboxylic acids is 2. The molecule has 2 amide bonds. The molecule has 3 aromatic rings. The fourth-order valence-corrected chi connectivity index (χ4v) is 4.74. The Kier molecular flexibility index (Phi) is 8.42. The van der Waals surface area contributed by atoms with E-state index >= 15 is 0 Å². The summed E-state index contributed by atoms with van der Waals surface area (Å²) in [6.07, 6.45) is 0.519. The van der Waals surface area contributed by atoms with Crippen molar-refractivity contribution in [2.24, 2.45) is 7.05 Å². The fraction of sp³-hybridized carbons (Fsp3) is 0.360. The summed E-state index contributed by atoms with van der Waals surface area (Å²) < 4.78 is 20.1. The van der Waals surface area contributed by atoms with Gasteiger partial charge in [-0.1, -0.05) is 11.8 Å². The smallest absolute Gasteiger partial charge is 0.251 e. The molecule has 11 heteroatoms. The lowest BCUT2D eigenvalue weighted by molar-refractivity contribution is -0.128. The standard InChI is InChI=1S/C25H29FN6O3S/c1-30-22(11-12-27-24(34)18-3-9-21(35-2)10-4-18)28-29-25(30)36-17-23(33)32-15-13-31(14-16-32)20-7-5-19(26)6-8-20/h3-10H,11-17H2,1-2H3,(H,27,34). The zero-order valence-corrected chi connectivity index (χ0v) is 21.1. The summed E-state index contributed by atoms with van der Waals surface area (Å²) in [5.41, 5.74) is 1.52. The lowest BCUT2D eigenvalue weighted by Crippen LogP contribution is -2.49. The largest absolute Gasteiger partial charge is 0.497 e. The van der Waals surface area contributed by atoms with Crippen molar-refractivity contribution in [2.45, 2.75) is 11.6 Å². The number of halogens is 1. The van der Waals surface area contributed by atoms with Gasteiger partial charge in [0.1, 0.15) is 17.4 Å².